The van der Waals surface area contributed by atoms with E-state index >= 15 is 0 Å². The van der Waals surface area contributed by atoms with Crippen LogP contribution in [0.1, 0.15) is 32.9 Å². The van der Waals surface area contributed by atoms with Gasteiger partial charge in [-0.1, -0.05) is 12.1 Å². The van der Waals surface area contributed by atoms with Crippen LogP contribution < -0.4 is 5.32 Å². The fourth-order valence-electron chi connectivity index (χ4n) is 2.50. The molecule has 0 aliphatic heterocycles. The quantitative estimate of drug-likeness (QED) is 0.934. The van der Waals surface area contributed by atoms with Crippen molar-refractivity contribution in [2.24, 2.45) is 0 Å². The van der Waals surface area contributed by atoms with Gasteiger partial charge in [-0.25, -0.2) is 8.42 Å². The Morgan fingerprint density at radius 1 is 1.17 bits per heavy atom. The Morgan fingerprint density at radius 2 is 1.87 bits per heavy atom. The number of pyridine rings is 1. The van der Waals surface area contributed by atoms with Gasteiger partial charge in [0.05, 0.1) is 17.1 Å². The van der Waals surface area contributed by atoms with Gasteiger partial charge in [-0.3, -0.25) is 9.78 Å². The van der Waals surface area contributed by atoms with Crippen LogP contribution in [-0.2, 0) is 15.6 Å². The zero-order valence-electron chi connectivity index (χ0n) is 13.7. The Hall–Kier alpha value is -2.21. The molecule has 0 atom stereocenters. The van der Waals surface area contributed by atoms with Crippen LogP contribution in [0, 0.1) is 20.8 Å². The molecule has 2 rings (SSSR count). The second-order valence-corrected chi connectivity index (χ2v) is 7.91. The molecule has 0 unspecified atom stereocenters. The number of hydrogen-bond donors (Lipinski definition) is 1. The molecule has 0 saturated heterocycles. The maximum atomic E-state index is 12.4. The van der Waals surface area contributed by atoms with Crippen molar-refractivity contribution in [1.82, 2.24) is 4.98 Å². The Balaban J connectivity index is 2.27. The highest BCUT2D eigenvalue weighted by Crippen LogP contribution is 2.20. The van der Waals surface area contributed by atoms with E-state index in [0.29, 0.717) is 16.8 Å². The lowest BCUT2D eigenvalue weighted by atomic mass is 10.1. The van der Waals surface area contributed by atoms with Crippen LogP contribution >= 0.6 is 0 Å². The number of sulfone groups is 1. The highest BCUT2D eigenvalue weighted by molar-refractivity contribution is 7.89. The largest absolute Gasteiger partial charge is 0.320 e. The Bertz CT molecular complexity index is 835. The number of aryl methyl sites for hydroxylation is 3. The number of nitrogens with one attached hydrogen (secondary N) is 1. The van der Waals surface area contributed by atoms with Gasteiger partial charge in [0.15, 0.2) is 9.84 Å². The summed E-state index contributed by atoms with van der Waals surface area (Å²) in [6.45, 7) is 5.66. The van der Waals surface area contributed by atoms with Gasteiger partial charge in [0.25, 0.3) is 5.91 Å². The van der Waals surface area contributed by atoms with Crippen molar-refractivity contribution in [2.75, 3.05) is 11.6 Å². The van der Waals surface area contributed by atoms with Crippen molar-refractivity contribution in [2.45, 2.75) is 26.5 Å². The first kappa shape index (κ1) is 17.1. The Kier molecular flexibility index (Phi) is 4.85. The van der Waals surface area contributed by atoms with Gasteiger partial charge in [0, 0.05) is 17.5 Å². The second kappa shape index (κ2) is 6.50. The predicted octanol–water partition coefficient (Wildman–Crippen LogP) is 2.80. The summed E-state index contributed by atoms with van der Waals surface area (Å²) in [6.07, 6.45) is 1.17. The minimum Gasteiger partial charge on any atom is -0.320 e. The summed E-state index contributed by atoms with van der Waals surface area (Å²) in [5.74, 6) is -0.365. The number of amides is 1. The fraction of sp³-hybridized carbons (Fsp3) is 0.294. The van der Waals surface area contributed by atoms with Gasteiger partial charge in [0.2, 0.25) is 0 Å². The molecule has 0 radical (unpaired) electrons. The molecule has 0 spiro atoms. The molecule has 122 valence electrons. The zero-order chi connectivity index (χ0) is 17.2. The minimum absolute atomic E-state index is 0.0851. The zero-order valence-corrected chi connectivity index (χ0v) is 14.5. The summed E-state index contributed by atoms with van der Waals surface area (Å²) in [6, 6.07) is 8.54. The van der Waals surface area contributed by atoms with E-state index in [0.717, 1.165) is 17.0 Å². The molecule has 0 saturated carbocycles. The molecule has 0 fully saturated rings. The summed E-state index contributed by atoms with van der Waals surface area (Å²) in [5, 5.41) is 2.86. The van der Waals surface area contributed by atoms with Crippen molar-refractivity contribution in [1.29, 1.82) is 0 Å². The van der Waals surface area contributed by atoms with E-state index in [2.05, 4.69) is 10.3 Å². The third-order valence-corrected chi connectivity index (χ3v) is 4.24. The summed E-state index contributed by atoms with van der Waals surface area (Å²) >= 11 is 0. The van der Waals surface area contributed by atoms with E-state index in [1.165, 1.54) is 6.26 Å². The van der Waals surface area contributed by atoms with Gasteiger partial charge in [-0.2, -0.15) is 0 Å². The monoisotopic (exact) mass is 332 g/mol. The van der Waals surface area contributed by atoms with E-state index in [4.69, 9.17) is 0 Å². The third-order valence-electron chi connectivity index (χ3n) is 3.38. The molecule has 6 heteroatoms. The molecule has 1 heterocycles. The molecule has 0 aliphatic rings. The fourth-order valence-corrected chi connectivity index (χ4v) is 3.29. The summed E-state index contributed by atoms with van der Waals surface area (Å²) in [7, 11) is -3.14. The van der Waals surface area contributed by atoms with Crippen molar-refractivity contribution in [3.05, 3.63) is 58.4 Å². The van der Waals surface area contributed by atoms with Crippen molar-refractivity contribution in [3.8, 4) is 0 Å². The molecule has 2 aromatic rings. The van der Waals surface area contributed by atoms with E-state index in [1.807, 2.05) is 26.8 Å². The lowest BCUT2D eigenvalue weighted by molar-refractivity contribution is 0.102. The lowest BCUT2D eigenvalue weighted by Crippen LogP contribution is -2.15. The van der Waals surface area contributed by atoms with E-state index in [9.17, 15) is 13.2 Å². The molecule has 1 N–H and O–H groups in total. The van der Waals surface area contributed by atoms with Crippen molar-refractivity contribution in [3.63, 3.8) is 0 Å². The third kappa shape index (κ3) is 4.63. The maximum Gasteiger partial charge on any atom is 0.255 e. The SMILES string of the molecule is Cc1cc(C)c(NC(=O)c2cccc(CS(C)(=O)=O)c2)c(C)n1. The Morgan fingerprint density at radius 3 is 2.48 bits per heavy atom. The standard InChI is InChI=1S/C17H20N2O3S/c1-11-8-12(2)18-13(3)16(11)19-17(20)15-7-5-6-14(9-15)10-23(4,21)22/h5-9H,10H2,1-4H3,(H,19,20). The number of rotatable bonds is 4. The molecule has 23 heavy (non-hydrogen) atoms. The predicted molar refractivity (Wildman–Crippen MR) is 91.4 cm³/mol. The number of carbonyl (C=O) groups excluding carboxylic acids is 1. The van der Waals surface area contributed by atoms with Gasteiger partial charge in [-0.05, 0) is 50.1 Å². The topological polar surface area (TPSA) is 76.1 Å². The van der Waals surface area contributed by atoms with Gasteiger partial charge in [-0.15, -0.1) is 0 Å². The van der Waals surface area contributed by atoms with Gasteiger partial charge in [0.1, 0.15) is 0 Å². The van der Waals surface area contributed by atoms with Crippen LogP contribution in [0.4, 0.5) is 5.69 Å². The molecular weight excluding hydrogens is 312 g/mol. The minimum atomic E-state index is -3.14. The number of aromatic nitrogens is 1. The number of nitrogens with zero attached hydrogens (tertiary/aromatic N) is 1. The average molecular weight is 332 g/mol. The van der Waals surface area contributed by atoms with Crippen LogP contribution in [0.5, 0.6) is 0 Å². The first-order valence-electron chi connectivity index (χ1n) is 7.18. The first-order valence-corrected chi connectivity index (χ1v) is 9.24. The van der Waals surface area contributed by atoms with Gasteiger partial charge < -0.3 is 5.32 Å². The maximum absolute atomic E-state index is 12.4. The van der Waals surface area contributed by atoms with E-state index in [1.54, 1.807) is 24.3 Å². The van der Waals surface area contributed by atoms with Crippen molar-refractivity contribution >= 4 is 21.4 Å². The number of carbonyl (C=O) groups is 1. The highest BCUT2D eigenvalue weighted by Gasteiger charge is 2.13. The number of hydrogen-bond acceptors (Lipinski definition) is 4. The summed E-state index contributed by atoms with van der Waals surface area (Å²) in [5.41, 5.74) is 4.29. The number of benzene rings is 1. The van der Waals surface area contributed by atoms with Crippen LogP contribution in [-0.4, -0.2) is 25.6 Å². The second-order valence-electron chi connectivity index (χ2n) is 5.77. The molecule has 1 aromatic heterocycles. The van der Waals surface area contributed by atoms with Gasteiger partial charge >= 0.3 is 0 Å². The van der Waals surface area contributed by atoms with Crippen molar-refractivity contribution < 1.29 is 13.2 Å². The van der Waals surface area contributed by atoms with E-state index < -0.39 is 9.84 Å². The summed E-state index contributed by atoms with van der Waals surface area (Å²) < 4.78 is 22.8. The smallest absolute Gasteiger partial charge is 0.255 e. The first-order chi connectivity index (χ1) is 10.7. The molecule has 5 nitrogen and oxygen atoms in total. The molecule has 1 amide bonds. The molecule has 1 aromatic carbocycles. The van der Waals surface area contributed by atoms with Crippen LogP contribution in [0.15, 0.2) is 30.3 Å². The van der Waals surface area contributed by atoms with Crippen LogP contribution in [0.3, 0.4) is 0 Å². The van der Waals surface area contributed by atoms with E-state index in [-0.39, 0.29) is 11.7 Å². The Labute approximate surface area is 136 Å². The molecule has 0 aliphatic carbocycles. The highest BCUT2D eigenvalue weighted by atomic mass is 32.2. The lowest BCUT2D eigenvalue weighted by Gasteiger charge is -2.12. The molecule has 0 bridgehead atoms. The van der Waals surface area contributed by atoms with Crippen LogP contribution in [0.2, 0.25) is 0 Å². The number of anilines is 1. The normalized spacial score (nSPS) is 11.3. The average Bonchev–Trinajstić information content (AvgIpc) is 2.41. The summed E-state index contributed by atoms with van der Waals surface area (Å²) in [4.78, 5) is 16.8. The molecular formula is C17H20N2O3S. The van der Waals surface area contributed by atoms with Crippen LogP contribution in [0.25, 0.3) is 0 Å².